The minimum atomic E-state index is -4.23. The Morgan fingerprint density at radius 2 is 1.92 bits per heavy atom. The summed E-state index contributed by atoms with van der Waals surface area (Å²) in [7, 11) is -8.30. The van der Waals surface area contributed by atoms with E-state index in [1.54, 1.807) is 13.8 Å². The van der Waals surface area contributed by atoms with Crippen LogP contribution >= 0.6 is 11.6 Å². The lowest BCUT2D eigenvalue weighted by Gasteiger charge is -2.27. The largest absolute Gasteiger partial charge is 0.480 e. The number of nitrogens with two attached hydrogens (primary N) is 1. The summed E-state index contributed by atoms with van der Waals surface area (Å²) < 4.78 is 55.8. The summed E-state index contributed by atoms with van der Waals surface area (Å²) in [4.78, 5) is 37.1. The molecule has 0 aliphatic carbocycles. The maximum atomic E-state index is 12.8. The van der Waals surface area contributed by atoms with Crippen molar-refractivity contribution in [2.75, 3.05) is 19.7 Å². The number of carboxylic acids is 1. The van der Waals surface area contributed by atoms with Crippen molar-refractivity contribution in [2.45, 2.75) is 73.9 Å². The number of ether oxygens (including phenoxy) is 1. The number of nitrogens with one attached hydrogen (secondary N) is 2. The van der Waals surface area contributed by atoms with Crippen molar-refractivity contribution in [1.82, 2.24) is 14.9 Å². The van der Waals surface area contributed by atoms with E-state index in [-0.39, 0.29) is 29.5 Å². The second kappa shape index (κ2) is 13.7. The quantitative estimate of drug-likeness (QED) is 0.172. The van der Waals surface area contributed by atoms with Gasteiger partial charge in [0, 0.05) is 13.1 Å². The van der Waals surface area contributed by atoms with E-state index in [4.69, 9.17) is 21.5 Å². The number of hydrogen-bond acceptors (Lipinski definition) is 9. The second-order valence-electron chi connectivity index (χ2n) is 8.75. The normalized spacial score (nSPS) is 17.7. The number of sulfonamides is 2. The molecular weight excluding hydrogens is 564 g/mol. The van der Waals surface area contributed by atoms with Gasteiger partial charge in [0.05, 0.1) is 22.6 Å². The van der Waals surface area contributed by atoms with Crippen LogP contribution in [0.2, 0.25) is 5.02 Å². The zero-order valence-electron chi connectivity index (χ0n) is 21.1. The molecule has 13 nitrogen and oxygen atoms in total. The third-order valence-electron chi connectivity index (χ3n) is 5.94. The van der Waals surface area contributed by atoms with Crippen LogP contribution in [0.25, 0.3) is 0 Å². The van der Waals surface area contributed by atoms with Crippen molar-refractivity contribution >= 4 is 49.5 Å². The average Bonchev–Trinajstić information content (AvgIpc) is 3.32. The molecule has 0 unspecified atom stereocenters. The van der Waals surface area contributed by atoms with Crippen LogP contribution < -0.4 is 15.2 Å². The second-order valence-corrected chi connectivity index (χ2v) is 12.5. The molecular formula is C22H33ClN4O9S2. The zero-order valence-corrected chi connectivity index (χ0v) is 23.4. The lowest BCUT2D eigenvalue weighted by atomic mass is 10.1. The van der Waals surface area contributed by atoms with E-state index in [0.717, 1.165) is 18.2 Å². The number of rotatable bonds is 14. The Hall–Kier alpha value is -2.30. The lowest BCUT2D eigenvalue weighted by Crippen LogP contribution is -2.53. The van der Waals surface area contributed by atoms with Gasteiger partial charge < -0.3 is 14.7 Å². The smallest absolute Gasteiger partial charge is 0.326 e. The Labute approximate surface area is 227 Å². The van der Waals surface area contributed by atoms with Crippen LogP contribution in [0.15, 0.2) is 28.0 Å². The number of likely N-dealkylation sites (tertiary alicyclic amines) is 1. The molecule has 0 radical (unpaired) electrons. The molecule has 3 atom stereocenters. The molecule has 1 amide bonds. The standard InChI is InChI=1S/C22H33ClN4O9S2/c1-3-36-22(31)17(26-14(2)20(28)27-12-6-8-18(27)21(29)30)7-4-5-11-25-38(34,35)15-9-10-16(23)19(13-15)37(24,32)33/h9-10,13-14,17-18,25-26H,3-8,11-12H2,1-2H3,(H,29,30)(H2,24,32,33)/t14-,17+,18+/m1/s1. The number of amides is 1. The van der Waals surface area contributed by atoms with Gasteiger partial charge in [-0.3, -0.25) is 14.9 Å². The van der Waals surface area contributed by atoms with Crippen LogP contribution in [-0.2, 0) is 39.2 Å². The van der Waals surface area contributed by atoms with Gasteiger partial charge in [-0.2, -0.15) is 0 Å². The Morgan fingerprint density at radius 1 is 1.24 bits per heavy atom. The highest BCUT2D eigenvalue weighted by molar-refractivity contribution is 7.90. The van der Waals surface area contributed by atoms with E-state index in [0.29, 0.717) is 32.2 Å². The van der Waals surface area contributed by atoms with Crippen LogP contribution in [0.3, 0.4) is 0 Å². The third kappa shape index (κ3) is 8.61. The minimum Gasteiger partial charge on any atom is -0.480 e. The molecule has 1 aromatic rings. The number of nitrogens with zero attached hydrogens (tertiary/aromatic N) is 1. The predicted octanol–water partition coefficient (Wildman–Crippen LogP) is 0.421. The highest BCUT2D eigenvalue weighted by Gasteiger charge is 2.37. The first-order chi connectivity index (χ1) is 17.7. The van der Waals surface area contributed by atoms with Crippen molar-refractivity contribution in [1.29, 1.82) is 0 Å². The van der Waals surface area contributed by atoms with Gasteiger partial charge in [-0.1, -0.05) is 11.6 Å². The molecule has 1 saturated heterocycles. The van der Waals surface area contributed by atoms with E-state index in [1.807, 2.05) is 0 Å². The fraction of sp³-hybridized carbons (Fsp3) is 0.591. The van der Waals surface area contributed by atoms with Gasteiger partial charge in [-0.25, -0.2) is 31.5 Å². The monoisotopic (exact) mass is 596 g/mol. The van der Waals surface area contributed by atoms with E-state index in [1.165, 1.54) is 4.90 Å². The van der Waals surface area contributed by atoms with Crippen molar-refractivity contribution in [3.8, 4) is 0 Å². The van der Waals surface area contributed by atoms with Crippen LogP contribution in [0, 0.1) is 0 Å². The number of primary sulfonamides is 1. The topological polar surface area (TPSA) is 202 Å². The summed E-state index contributed by atoms with van der Waals surface area (Å²) >= 11 is 5.80. The molecule has 0 spiro atoms. The van der Waals surface area contributed by atoms with E-state index >= 15 is 0 Å². The van der Waals surface area contributed by atoms with Gasteiger partial charge in [-0.05, 0) is 64.2 Å². The molecule has 2 rings (SSSR count). The third-order valence-corrected chi connectivity index (χ3v) is 8.80. The number of halogens is 1. The summed E-state index contributed by atoms with van der Waals surface area (Å²) in [5.74, 6) is -2.09. The maximum absolute atomic E-state index is 12.8. The lowest BCUT2D eigenvalue weighted by molar-refractivity contribution is -0.150. The van der Waals surface area contributed by atoms with Crippen LogP contribution in [0.4, 0.5) is 0 Å². The van der Waals surface area contributed by atoms with Gasteiger partial charge in [-0.15, -0.1) is 0 Å². The van der Waals surface area contributed by atoms with E-state index < -0.39 is 60.9 Å². The fourth-order valence-electron chi connectivity index (χ4n) is 4.05. The number of hydrogen-bond donors (Lipinski definition) is 4. The number of aliphatic carboxylic acids is 1. The van der Waals surface area contributed by atoms with Gasteiger partial charge in [0.15, 0.2) is 0 Å². The van der Waals surface area contributed by atoms with E-state index in [9.17, 15) is 36.3 Å². The van der Waals surface area contributed by atoms with Crippen LogP contribution in [-0.4, -0.2) is 82.5 Å². The molecule has 0 bridgehead atoms. The minimum absolute atomic E-state index is 0.0201. The molecule has 16 heteroatoms. The first kappa shape index (κ1) is 31.9. The Balaban J connectivity index is 1.96. The van der Waals surface area contributed by atoms with Gasteiger partial charge in [0.1, 0.15) is 17.0 Å². The maximum Gasteiger partial charge on any atom is 0.326 e. The highest BCUT2D eigenvalue weighted by Crippen LogP contribution is 2.24. The van der Waals surface area contributed by atoms with Crippen molar-refractivity contribution in [3.05, 3.63) is 23.2 Å². The first-order valence-corrected chi connectivity index (χ1v) is 15.4. The van der Waals surface area contributed by atoms with Gasteiger partial charge in [0.25, 0.3) is 0 Å². The molecule has 1 fully saturated rings. The SMILES string of the molecule is CCOC(=O)[C@H](CCCCNS(=O)(=O)c1ccc(Cl)c(S(N)(=O)=O)c1)N[C@H](C)C(=O)N1CCC[C@H]1C(=O)O. The van der Waals surface area contributed by atoms with Crippen molar-refractivity contribution in [2.24, 2.45) is 5.14 Å². The number of carbonyl (C=O) groups is 3. The van der Waals surface area contributed by atoms with Crippen molar-refractivity contribution in [3.63, 3.8) is 0 Å². The Morgan fingerprint density at radius 3 is 2.53 bits per heavy atom. The molecule has 1 aliphatic rings. The van der Waals surface area contributed by atoms with E-state index in [2.05, 4.69) is 10.0 Å². The number of benzene rings is 1. The summed E-state index contributed by atoms with van der Waals surface area (Å²) in [6, 6.07) is 0.518. The van der Waals surface area contributed by atoms with Crippen LogP contribution in [0.5, 0.6) is 0 Å². The average molecular weight is 597 g/mol. The molecule has 0 aromatic heterocycles. The Kier molecular flexibility index (Phi) is 11.5. The predicted molar refractivity (Wildman–Crippen MR) is 137 cm³/mol. The summed E-state index contributed by atoms with van der Waals surface area (Å²) in [6.45, 7) is 3.60. The first-order valence-electron chi connectivity index (χ1n) is 12.0. The summed E-state index contributed by atoms with van der Waals surface area (Å²) in [5, 5.41) is 17.1. The highest BCUT2D eigenvalue weighted by atomic mass is 35.5. The van der Waals surface area contributed by atoms with Gasteiger partial charge >= 0.3 is 11.9 Å². The molecule has 1 heterocycles. The molecule has 0 saturated carbocycles. The molecule has 1 aromatic carbocycles. The van der Waals surface area contributed by atoms with Crippen LogP contribution in [0.1, 0.15) is 46.0 Å². The number of unbranched alkanes of at least 4 members (excludes halogenated alkanes) is 1. The Bertz CT molecular complexity index is 1240. The molecule has 214 valence electrons. The summed E-state index contributed by atoms with van der Waals surface area (Å²) in [5.41, 5.74) is 0. The number of carboxylic acid groups (broad SMARTS) is 1. The molecule has 38 heavy (non-hydrogen) atoms. The van der Waals surface area contributed by atoms with Crippen molar-refractivity contribution < 1.29 is 41.1 Å². The fourth-order valence-corrected chi connectivity index (χ4v) is 6.30. The molecule has 5 N–H and O–H groups in total. The number of esters is 1. The zero-order chi connectivity index (χ0) is 28.7. The number of carbonyl (C=O) groups excluding carboxylic acids is 2. The van der Waals surface area contributed by atoms with Gasteiger partial charge in [0.2, 0.25) is 26.0 Å². The summed E-state index contributed by atoms with van der Waals surface area (Å²) in [6.07, 6.45) is 1.83. The molecule has 1 aliphatic heterocycles.